The maximum Gasteiger partial charge on any atom is -0.00851 e. The summed E-state index contributed by atoms with van der Waals surface area (Å²) in [5.41, 5.74) is 3.54. The second-order valence-corrected chi connectivity index (χ2v) is 15.6. The van der Waals surface area contributed by atoms with Gasteiger partial charge in [-0.3, -0.25) is 0 Å². The highest BCUT2D eigenvalue weighted by Crippen LogP contribution is 2.67. The van der Waals surface area contributed by atoms with Crippen molar-refractivity contribution in [3.63, 3.8) is 0 Å². The van der Waals surface area contributed by atoms with Gasteiger partial charge in [0.2, 0.25) is 0 Å². The van der Waals surface area contributed by atoms with Crippen molar-refractivity contribution >= 4 is 0 Å². The Labute approximate surface area is 208 Å². The molecule has 8 atom stereocenters. The van der Waals surface area contributed by atoms with Gasteiger partial charge in [-0.1, -0.05) is 86.3 Å². The van der Waals surface area contributed by atoms with Gasteiger partial charge in [0.05, 0.1) is 0 Å². The van der Waals surface area contributed by atoms with Crippen molar-refractivity contribution in [2.24, 2.45) is 57.7 Å². The zero-order valence-electron chi connectivity index (χ0n) is 23.8. The molecule has 190 valence electrons. The van der Waals surface area contributed by atoms with Crippen LogP contribution in [0, 0.1) is 57.7 Å². The molecular formula is C33H58. The van der Waals surface area contributed by atoms with Crippen LogP contribution in [0.1, 0.15) is 139 Å². The predicted molar refractivity (Wildman–Crippen MR) is 145 cm³/mol. The third-order valence-electron chi connectivity index (χ3n) is 11.5. The molecule has 0 aromatic rings. The van der Waals surface area contributed by atoms with Crippen molar-refractivity contribution < 1.29 is 0 Å². The molecule has 0 spiro atoms. The molecule has 0 heteroatoms. The zero-order valence-corrected chi connectivity index (χ0v) is 23.8. The summed E-state index contributed by atoms with van der Waals surface area (Å²) < 4.78 is 0. The van der Waals surface area contributed by atoms with Gasteiger partial charge < -0.3 is 0 Å². The Morgan fingerprint density at radius 3 is 2.39 bits per heavy atom. The van der Waals surface area contributed by atoms with Crippen LogP contribution in [0.4, 0.5) is 0 Å². The van der Waals surface area contributed by atoms with Gasteiger partial charge in [0.25, 0.3) is 0 Å². The quantitative estimate of drug-likeness (QED) is 0.335. The van der Waals surface area contributed by atoms with Crippen LogP contribution < -0.4 is 0 Å². The number of hydrogen-bond donors (Lipinski definition) is 0. The molecule has 0 heterocycles. The van der Waals surface area contributed by atoms with Crippen molar-refractivity contribution in [2.75, 3.05) is 0 Å². The lowest BCUT2D eigenvalue weighted by Crippen LogP contribution is -2.50. The summed E-state index contributed by atoms with van der Waals surface area (Å²) in [6.45, 7) is 20.1. The van der Waals surface area contributed by atoms with Crippen LogP contribution in [-0.4, -0.2) is 0 Å². The summed E-state index contributed by atoms with van der Waals surface area (Å²) in [6.07, 6.45) is 21.9. The van der Waals surface area contributed by atoms with Crippen LogP contribution in [0.2, 0.25) is 0 Å². The standard InChI is InChI=1S/C33H58/c1-23(2)10-9-11-24(3)20-26-13-15-29-28-14-12-27-21-25(22-31(4,5)6)16-18-32(27,7)30(28)17-19-33(26,29)8/h12,23-26,28-30H,9-11,13-22H2,1-8H3/t24?,25?,26?,28?,29-,30-,32?,33?/m0/s1. The molecule has 0 radical (unpaired) electrons. The molecule has 3 fully saturated rings. The molecule has 6 unspecified atom stereocenters. The Kier molecular flexibility index (Phi) is 7.55. The fraction of sp³-hybridized carbons (Fsp3) is 0.939. The van der Waals surface area contributed by atoms with Crippen LogP contribution in [0.15, 0.2) is 11.6 Å². The molecule has 0 aliphatic heterocycles. The third kappa shape index (κ3) is 5.31. The average molecular weight is 455 g/mol. The number of fused-ring (bicyclic) bond motifs is 5. The molecule has 0 aromatic heterocycles. The van der Waals surface area contributed by atoms with Crippen molar-refractivity contribution in [1.29, 1.82) is 0 Å². The van der Waals surface area contributed by atoms with Crippen LogP contribution in [0.25, 0.3) is 0 Å². The first-order valence-electron chi connectivity index (χ1n) is 15.1. The molecule has 0 nitrogen and oxygen atoms in total. The first kappa shape index (κ1) is 25.8. The van der Waals surface area contributed by atoms with Crippen LogP contribution in [-0.2, 0) is 0 Å². The summed E-state index contributed by atoms with van der Waals surface area (Å²) in [5.74, 6) is 6.70. The molecule has 0 N–H and O–H groups in total. The molecule has 4 rings (SSSR count). The summed E-state index contributed by atoms with van der Waals surface area (Å²) in [7, 11) is 0. The van der Waals surface area contributed by atoms with E-state index >= 15 is 0 Å². The largest absolute Gasteiger partial charge is 0.0845 e. The Hall–Kier alpha value is -0.260. The predicted octanol–water partition coefficient (Wildman–Crippen LogP) is 10.5. The van der Waals surface area contributed by atoms with Crippen LogP contribution in [0.3, 0.4) is 0 Å². The third-order valence-corrected chi connectivity index (χ3v) is 11.5. The molecular weight excluding hydrogens is 396 g/mol. The molecule has 4 aliphatic rings. The molecule has 4 aliphatic carbocycles. The van der Waals surface area contributed by atoms with Gasteiger partial charge in [-0.25, -0.2) is 0 Å². The van der Waals surface area contributed by atoms with Crippen LogP contribution in [0.5, 0.6) is 0 Å². The van der Waals surface area contributed by atoms with Crippen molar-refractivity contribution in [3.8, 4) is 0 Å². The van der Waals surface area contributed by atoms with Gasteiger partial charge in [-0.15, -0.1) is 0 Å². The van der Waals surface area contributed by atoms with Crippen molar-refractivity contribution in [2.45, 2.75) is 139 Å². The van der Waals surface area contributed by atoms with E-state index in [0.29, 0.717) is 16.2 Å². The maximum absolute atomic E-state index is 2.80. The highest BCUT2D eigenvalue weighted by molar-refractivity contribution is 5.25. The van der Waals surface area contributed by atoms with E-state index in [1.54, 1.807) is 0 Å². The van der Waals surface area contributed by atoms with E-state index in [1.165, 1.54) is 83.5 Å². The van der Waals surface area contributed by atoms with E-state index in [0.717, 1.165) is 41.4 Å². The smallest absolute Gasteiger partial charge is 0.00851 e. The number of allylic oxidation sites excluding steroid dienone is 2. The lowest BCUT2D eigenvalue weighted by Gasteiger charge is -2.58. The minimum absolute atomic E-state index is 0.480. The van der Waals surface area contributed by atoms with Gasteiger partial charge in [0.15, 0.2) is 0 Å². The van der Waals surface area contributed by atoms with E-state index in [9.17, 15) is 0 Å². The lowest BCUT2D eigenvalue weighted by molar-refractivity contribution is -0.0482. The monoisotopic (exact) mass is 454 g/mol. The Balaban J connectivity index is 1.42. The lowest BCUT2D eigenvalue weighted by atomic mass is 9.46. The first-order chi connectivity index (χ1) is 15.4. The fourth-order valence-corrected chi connectivity index (χ4v) is 9.75. The first-order valence-corrected chi connectivity index (χ1v) is 15.1. The zero-order chi connectivity index (χ0) is 24.0. The average Bonchev–Trinajstić information content (AvgIpc) is 3.03. The van der Waals surface area contributed by atoms with E-state index in [2.05, 4.69) is 61.5 Å². The van der Waals surface area contributed by atoms with E-state index in [-0.39, 0.29) is 0 Å². The molecule has 33 heavy (non-hydrogen) atoms. The molecule has 0 aromatic carbocycles. The van der Waals surface area contributed by atoms with Gasteiger partial charge in [0, 0.05) is 0 Å². The van der Waals surface area contributed by atoms with Gasteiger partial charge >= 0.3 is 0 Å². The number of hydrogen-bond acceptors (Lipinski definition) is 0. The van der Waals surface area contributed by atoms with E-state index in [1.807, 2.05) is 5.57 Å². The molecule has 3 saturated carbocycles. The minimum atomic E-state index is 0.480. The van der Waals surface area contributed by atoms with Gasteiger partial charge in [-0.05, 0) is 122 Å². The Morgan fingerprint density at radius 1 is 0.939 bits per heavy atom. The van der Waals surface area contributed by atoms with E-state index < -0.39 is 0 Å². The summed E-state index contributed by atoms with van der Waals surface area (Å²) in [5, 5.41) is 0. The Morgan fingerprint density at radius 2 is 1.70 bits per heavy atom. The highest BCUT2D eigenvalue weighted by Gasteiger charge is 2.58. The minimum Gasteiger partial charge on any atom is -0.0845 e. The van der Waals surface area contributed by atoms with Gasteiger partial charge in [-0.2, -0.15) is 0 Å². The van der Waals surface area contributed by atoms with E-state index in [4.69, 9.17) is 0 Å². The van der Waals surface area contributed by atoms with Gasteiger partial charge in [0.1, 0.15) is 0 Å². The van der Waals surface area contributed by atoms with Crippen molar-refractivity contribution in [1.82, 2.24) is 0 Å². The summed E-state index contributed by atoms with van der Waals surface area (Å²) >= 11 is 0. The maximum atomic E-state index is 2.80. The fourth-order valence-electron chi connectivity index (χ4n) is 9.75. The molecule has 0 bridgehead atoms. The highest BCUT2D eigenvalue weighted by atomic mass is 14.6. The summed E-state index contributed by atoms with van der Waals surface area (Å²) in [4.78, 5) is 0. The van der Waals surface area contributed by atoms with Crippen LogP contribution >= 0.6 is 0 Å². The van der Waals surface area contributed by atoms with Crippen molar-refractivity contribution in [3.05, 3.63) is 11.6 Å². The SMILES string of the molecule is CC(C)CCCC(C)CC1CC[C@H]2C3CC=C4CC(CC(C)(C)C)CCC4(C)[C@H]3CCC12C. The number of rotatable bonds is 7. The topological polar surface area (TPSA) is 0 Å². The Bertz CT molecular complexity index is 691. The molecule has 0 saturated heterocycles. The second-order valence-electron chi connectivity index (χ2n) is 15.6. The summed E-state index contributed by atoms with van der Waals surface area (Å²) in [6, 6.07) is 0. The normalized spacial score (nSPS) is 41.8. The second kappa shape index (κ2) is 9.65. The molecule has 0 amide bonds.